The van der Waals surface area contributed by atoms with Gasteiger partial charge in [-0.25, -0.2) is 9.59 Å². The highest BCUT2D eigenvalue weighted by Crippen LogP contribution is 2.26. The lowest BCUT2D eigenvalue weighted by Gasteiger charge is -2.18. The molecule has 0 aliphatic carbocycles. The van der Waals surface area contributed by atoms with Gasteiger partial charge < -0.3 is 14.5 Å². The van der Waals surface area contributed by atoms with Gasteiger partial charge in [-0.15, -0.1) is 5.06 Å². The summed E-state index contributed by atoms with van der Waals surface area (Å²) in [6.45, 7) is 8.43. The Balaban J connectivity index is 2.18. The summed E-state index contributed by atoms with van der Waals surface area (Å²) in [6, 6.07) is 6.19. The van der Waals surface area contributed by atoms with Crippen molar-refractivity contribution in [2.24, 2.45) is 0 Å². The van der Waals surface area contributed by atoms with Crippen molar-refractivity contribution in [2.75, 3.05) is 30.9 Å². The Morgan fingerprint density at radius 1 is 1.16 bits per heavy atom. The van der Waals surface area contributed by atoms with E-state index in [4.69, 9.17) is 9.57 Å². The summed E-state index contributed by atoms with van der Waals surface area (Å²) in [7, 11) is 2.40. The van der Waals surface area contributed by atoms with Crippen LogP contribution in [0.3, 0.4) is 0 Å². The highest BCUT2D eigenvalue weighted by atomic mass is 28.3. The summed E-state index contributed by atoms with van der Waals surface area (Å²) >= 11 is 0. The first kappa shape index (κ1) is 25.1. The summed E-state index contributed by atoms with van der Waals surface area (Å²) in [5, 5.41) is 3.24. The molecule has 3 amide bonds. The molecule has 0 spiro atoms. The number of carbonyl (C=O) groups is 4. The van der Waals surface area contributed by atoms with Crippen molar-refractivity contribution < 1.29 is 28.8 Å². The Bertz CT molecular complexity index is 920. The lowest BCUT2D eigenvalue weighted by atomic mass is 10.1. The number of benzene rings is 1. The number of nitrogens with zero attached hydrogens (tertiary/aromatic N) is 2. The Kier molecular flexibility index (Phi) is 8.20. The minimum atomic E-state index is -1.34. The third-order valence-electron chi connectivity index (χ3n) is 4.75. The van der Waals surface area contributed by atoms with Crippen LogP contribution in [0, 0.1) is 0 Å². The maximum atomic E-state index is 12.4. The van der Waals surface area contributed by atoms with E-state index in [2.05, 4.69) is 25.0 Å². The van der Waals surface area contributed by atoms with Gasteiger partial charge in [-0.1, -0.05) is 25.7 Å². The van der Waals surface area contributed by atoms with E-state index in [9.17, 15) is 19.2 Å². The Morgan fingerprint density at radius 2 is 1.78 bits per heavy atom. The third-order valence-corrected chi connectivity index (χ3v) is 6.45. The molecule has 9 nitrogen and oxygen atoms in total. The molecule has 1 aromatic rings. The van der Waals surface area contributed by atoms with Crippen molar-refractivity contribution in [3.8, 4) is 0 Å². The molecule has 0 unspecified atom stereocenters. The molecule has 0 radical (unpaired) electrons. The molecule has 10 heteroatoms. The Morgan fingerprint density at radius 3 is 2.34 bits per heavy atom. The molecule has 1 saturated heterocycles. The lowest BCUT2D eigenvalue weighted by Crippen LogP contribution is -2.32. The van der Waals surface area contributed by atoms with Gasteiger partial charge in [0.1, 0.15) is 0 Å². The van der Waals surface area contributed by atoms with Crippen LogP contribution in [-0.4, -0.2) is 57.7 Å². The number of nitrogens with one attached hydrogen (secondary N) is 1. The van der Waals surface area contributed by atoms with Gasteiger partial charge >= 0.3 is 12.1 Å². The van der Waals surface area contributed by atoms with Crippen molar-refractivity contribution in [3.05, 3.63) is 29.3 Å². The molecule has 174 valence electrons. The molecule has 1 aliphatic heterocycles. The summed E-state index contributed by atoms with van der Waals surface area (Å²) in [6.07, 6.45) is 0.982. The SMILES string of the molecule is C/C(=C\c1ccc(N(C)C)cc1NC(=O)OCC[Si](C)(C)C)C(=O)ON1C(=O)CCC1=O. The predicted molar refractivity (Wildman–Crippen MR) is 125 cm³/mol. The van der Waals surface area contributed by atoms with E-state index in [0.717, 1.165) is 11.7 Å². The first-order valence-electron chi connectivity index (χ1n) is 10.4. The van der Waals surface area contributed by atoms with Crippen molar-refractivity contribution in [1.82, 2.24) is 5.06 Å². The highest BCUT2D eigenvalue weighted by Gasteiger charge is 2.33. The van der Waals surface area contributed by atoms with Crippen LogP contribution in [0.1, 0.15) is 25.3 Å². The fourth-order valence-electron chi connectivity index (χ4n) is 2.76. The molecule has 32 heavy (non-hydrogen) atoms. The third kappa shape index (κ3) is 7.22. The highest BCUT2D eigenvalue weighted by molar-refractivity contribution is 6.76. The number of hydrogen-bond acceptors (Lipinski definition) is 7. The van der Waals surface area contributed by atoms with Crippen LogP contribution in [0.4, 0.5) is 16.2 Å². The summed E-state index contributed by atoms with van der Waals surface area (Å²) in [5.74, 6) is -1.92. The molecule has 1 aromatic carbocycles. The number of anilines is 2. The molecule has 0 saturated carbocycles. The van der Waals surface area contributed by atoms with Gasteiger partial charge in [-0.05, 0) is 36.7 Å². The minimum absolute atomic E-state index is 0.0226. The Hall–Kier alpha value is -3.14. The standard InChI is InChI=1S/C22H31N3O6Si/c1-15(21(28)31-25-19(26)9-10-20(25)27)13-16-7-8-17(24(2)3)14-18(16)23-22(29)30-11-12-32(4,5)6/h7-8,13-14H,9-12H2,1-6H3,(H,23,29)/b15-13+. The van der Waals surface area contributed by atoms with Gasteiger partial charge in [0.05, 0.1) is 12.3 Å². The normalized spacial score (nSPS) is 14.4. The zero-order valence-corrected chi connectivity index (χ0v) is 20.5. The lowest BCUT2D eigenvalue weighted by molar-refractivity contribution is -0.194. The molecule has 2 rings (SSSR count). The largest absolute Gasteiger partial charge is 0.450 e. The molecule has 0 bridgehead atoms. The first-order chi connectivity index (χ1) is 14.9. The molecule has 0 atom stereocenters. The van der Waals surface area contributed by atoms with E-state index >= 15 is 0 Å². The average Bonchev–Trinajstić information content (AvgIpc) is 3.00. The molecule has 1 aliphatic rings. The second-order valence-electron chi connectivity index (χ2n) is 9.03. The van der Waals surface area contributed by atoms with Gasteiger partial charge in [0.2, 0.25) is 0 Å². The van der Waals surface area contributed by atoms with Gasteiger partial charge in [0.15, 0.2) is 0 Å². The maximum absolute atomic E-state index is 12.4. The van der Waals surface area contributed by atoms with E-state index < -0.39 is 32.0 Å². The number of amides is 3. The summed E-state index contributed by atoms with van der Waals surface area (Å²) in [4.78, 5) is 54.9. The van der Waals surface area contributed by atoms with Crippen LogP contribution in [0.5, 0.6) is 0 Å². The van der Waals surface area contributed by atoms with Gasteiger partial charge in [0, 0.05) is 46.3 Å². The molecule has 1 heterocycles. The second-order valence-corrected chi connectivity index (χ2v) is 14.6. The average molecular weight is 462 g/mol. The molecule has 0 aromatic heterocycles. The van der Waals surface area contributed by atoms with Crippen LogP contribution < -0.4 is 10.2 Å². The molecular formula is C22H31N3O6Si. The topological polar surface area (TPSA) is 105 Å². The number of imide groups is 1. The van der Waals surface area contributed by atoms with Crippen molar-refractivity contribution in [3.63, 3.8) is 0 Å². The molecule has 1 fully saturated rings. The van der Waals surface area contributed by atoms with Gasteiger partial charge in [-0.3, -0.25) is 14.9 Å². The maximum Gasteiger partial charge on any atom is 0.411 e. The van der Waals surface area contributed by atoms with Crippen LogP contribution in [-0.2, 0) is 24.0 Å². The predicted octanol–water partition coefficient (Wildman–Crippen LogP) is 3.65. The monoisotopic (exact) mass is 461 g/mol. The fraction of sp³-hybridized carbons (Fsp3) is 0.455. The zero-order valence-electron chi connectivity index (χ0n) is 19.5. The van der Waals surface area contributed by atoms with E-state index in [1.54, 1.807) is 12.1 Å². The number of hydroxylamine groups is 2. The second kappa shape index (κ2) is 10.4. The van der Waals surface area contributed by atoms with Gasteiger partial charge in [0.25, 0.3) is 11.8 Å². The number of rotatable bonds is 8. The zero-order chi connectivity index (χ0) is 24.1. The van der Waals surface area contributed by atoms with E-state index in [0.29, 0.717) is 22.9 Å². The summed E-state index contributed by atoms with van der Waals surface area (Å²) < 4.78 is 5.32. The van der Waals surface area contributed by atoms with Crippen molar-refractivity contribution in [2.45, 2.75) is 45.5 Å². The van der Waals surface area contributed by atoms with Gasteiger partial charge in [-0.2, -0.15) is 0 Å². The number of carbonyl (C=O) groups excluding carboxylic acids is 4. The van der Waals surface area contributed by atoms with E-state index in [-0.39, 0.29) is 18.4 Å². The van der Waals surface area contributed by atoms with Crippen LogP contribution in [0.25, 0.3) is 6.08 Å². The number of ether oxygens (including phenoxy) is 1. The van der Waals surface area contributed by atoms with E-state index in [1.165, 1.54) is 13.0 Å². The molecular weight excluding hydrogens is 430 g/mol. The number of hydrogen-bond donors (Lipinski definition) is 1. The van der Waals surface area contributed by atoms with Crippen LogP contribution >= 0.6 is 0 Å². The Labute approximate surface area is 189 Å². The minimum Gasteiger partial charge on any atom is -0.450 e. The van der Waals surface area contributed by atoms with Crippen molar-refractivity contribution >= 4 is 49.4 Å². The van der Waals surface area contributed by atoms with E-state index in [1.807, 2.05) is 25.1 Å². The van der Waals surface area contributed by atoms with Crippen LogP contribution in [0.15, 0.2) is 23.8 Å². The smallest absolute Gasteiger partial charge is 0.411 e. The first-order valence-corrected chi connectivity index (χ1v) is 14.1. The summed E-state index contributed by atoms with van der Waals surface area (Å²) in [5.41, 5.74) is 2.00. The van der Waals surface area contributed by atoms with Crippen molar-refractivity contribution in [1.29, 1.82) is 0 Å². The fourth-order valence-corrected chi connectivity index (χ4v) is 3.47. The van der Waals surface area contributed by atoms with Crippen LogP contribution in [0.2, 0.25) is 25.7 Å². The molecule has 1 N–H and O–H groups in total. The quantitative estimate of drug-likeness (QED) is 0.358.